The summed E-state index contributed by atoms with van der Waals surface area (Å²) in [6, 6.07) is 0. The van der Waals surface area contributed by atoms with Crippen molar-refractivity contribution in [2.24, 2.45) is 0 Å². The fourth-order valence-electron chi connectivity index (χ4n) is 4.27. The molecule has 1 aromatic carbocycles. The topological polar surface area (TPSA) is 203 Å². The van der Waals surface area contributed by atoms with E-state index < -0.39 is 53.2 Å². The van der Waals surface area contributed by atoms with E-state index in [0.29, 0.717) is 145 Å². The average molecular weight is 898 g/mol. The molecule has 1 amide bonds. The number of halogens is 5. The summed E-state index contributed by atoms with van der Waals surface area (Å²) in [5.74, 6) is -15.3. The number of hydrogen-bond donors (Lipinski definition) is 2. The molecule has 0 saturated carbocycles. The highest BCUT2D eigenvalue weighted by molar-refractivity contribution is 5.76. The second-order valence-electron chi connectivity index (χ2n) is 12.1. The molecule has 0 heterocycles. The van der Waals surface area contributed by atoms with Crippen molar-refractivity contribution in [3.05, 3.63) is 29.1 Å². The molecule has 1 aromatic rings. The predicted molar refractivity (Wildman–Crippen MR) is 201 cm³/mol. The van der Waals surface area contributed by atoms with Gasteiger partial charge in [0.25, 0.3) is 0 Å². The Balaban J connectivity index is 1.70. The second-order valence-corrected chi connectivity index (χ2v) is 12.1. The SMILES string of the molecule is O=C(O)CCCC(=O)NCCOCCOCCOCCOCCOCCOCCOCCOCCOCCOCCOCCOCCC(=O)Oc1c(F)c(F)c(F)c(F)c1F. The van der Waals surface area contributed by atoms with Crippen LogP contribution in [0.3, 0.4) is 0 Å². The number of esters is 1. The quantitative estimate of drug-likeness (QED) is 0.0241. The van der Waals surface area contributed by atoms with Crippen LogP contribution in [0.5, 0.6) is 5.75 Å². The zero-order valence-electron chi connectivity index (χ0n) is 34.4. The first-order valence-corrected chi connectivity index (χ1v) is 19.8. The largest absolute Gasteiger partial charge is 0.481 e. The highest BCUT2D eigenvalue weighted by Gasteiger charge is 2.28. The summed E-state index contributed by atoms with van der Waals surface area (Å²) >= 11 is 0. The first-order valence-electron chi connectivity index (χ1n) is 19.8. The van der Waals surface area contributed by atoms with Crippen LogP contribution in [-0.2, 0) is 71.2 Å². The van der Waals surface area contributed by atoms with Gasteiger partial charge in [0.05, 0.1) is 165 Å². The normalized spacial score (nSPS) is 11.4. The minimum Gasteiger partial charge on any atom is -0.481 e. The molecule has 0 aromatic heterocycles. The summed E-state index contributed by atoms with van der Waals surface area (Å²) < 4.78 is 135. The number of carbonyl (C=O) groups is 3. The number of carboxylic acids is 1. The van der Waals surface area contributed by atoms with Crippen LogP contribution in [0.15, 0.2) is 0 Å². The van der Waals surface area contributed by atoms with E-state index in [0.717, 1.165) is 0 Å². The molecule has 1 rings (SSSR count). The number of rotatable bonds is 44. The van der Waals surface area contributed by atoms with Gasteiger partial charge in [-0.15, -0.1) is 0 Å². The van der Waals surface area contributed by atoms with Gasteiger partial charge in [-0.25, -0.2) is 13.2 Å². The third kappa shape index (κ3) is 32.2. The molecule has 0 aliphatic rings. The van der Waals surface area contributed by atoms with Crippen LogP contribution in [0.2, 0.25) is 0 Å². The highest BCUT2D eigenvalue weighted by atomic mass is 19.2. The molecular formula is C38H60F5NO17. The lowest BCUT2D eigenvalue weighted by molar-refractivity contribution is -0.137. The van der Waals surface area contributed by atoms with Crippen LogP contribution in [-0.4, -0.2) is 188 Å². The Morgan fingerprint density at radius 1 is 0.377 bits per heavy atom. The lowest BCUT2D eigenvalue weighted by Gasteiger charge is -2.09. The molecule has 0 fully saturated rings. The Labute approximate surface area is 351 Å². The number of amides is 1. The maximum absolute atomic E-state index is 13.6. The molecule has 0 unspecified atom stereocenters. The van der Waals surface area contributed by atoms with Crippen molar-refractivity contribution in [3.63, 3.8) is 0 Å². The van der Waals surface area contributed by atoms with E-state index in [1.54, 1.807) is 0 Å². The van der Waals surface area contributed by atoms with Crippen LogP contribution < -0.4 is 10.1 Å². The fraction of sp³-hybridized carbons (Fsp3) is 0.763. The van der Waals surface area contributed by atoms with Crippen molar-refractivity contribution < 1.29 is 103 Å². The molecule has 61 heavy (non-hydrogen) atoms. The Kier molecular flexibility index (Phi) is 36.3. The van der Waals surface area contributed by atoms with Crippen LogP contribution >= 0.6 is 0 Å². The minimum atomic E-state index is -2.35. The number of benzene rings is 1. The van der Waals surface area contributed by atoms with Crippen molar-refractivity contribution in [2.75, 3.05) is 165 Å². The molecule has 0 saturated heterocycles. The van der Waals surface area contributed by atoms with E-state index in [9.17, 15) is 36.3 Å². The number of ether oxygens (including phenoxy) is 13. The first kappa shape index (κ1) is 55.8. The number of aliphatic carboxylic acids is 1. The van der Waals surface area contributed by atoms with Crippen molar-refractivity contribution >= 4 is 17.8 Å². The van der Waals surface area contributed by atoms with Gasteiger partial charge in [0.15, 0.2) is 0 Å². The first-order chi connectivity index (χ1) is 29.6. The van der Waals surface area contributed by atoms with E-state index in [1.165, 1.54) is 0 Å². The maximum atomic E-state index is 13.6. The van der Waals surface area contributed by atoms with Crippen molar-refractivity contribution in [3.8, 4) is 5.75 Å². The van der Waals surface area contributed by atoms with Crippen LogP contribution in [0.1, 0.15) is 25.7 Å². The molecule has 0 aliphatic heterocycles. The lowest BCUT2D eigenvalue weighted by atomic mass is 10.2. The summed E-state index contributed by atoms with van der Waals surface area (Å²) in [7, 11) is 0. The summed E-state index contributed by atoms with van der Waals surface area (Å²) in [5.41, 5.74) is 0. The van der Waals surface area contributed by atoms with Crippen LogP contribution in [0, 0.1) is 29.1 Å². The summed E-state index contributed by atoms with van der Waals surface area (Å²) in [5, 5.41) is 11.2. The molecule has 0 spiro atoms. The van der Waals surface area contributed by atoms with E-state index in [4.69, 9.17) is 61.9 Å². The fourth-order valence-corrected chi connectivity index (χ4v) is 4.27. The predicted octanol–water partition coefficient (Wildman–Crippen LogP) is 2.25. The van der Waals surface area contributed by atoms with Gasteiger partial charge in [0.2, 0.25) is 40.7 Å². The molecule has 354 valence electrons. The van der Waals surface area contributed by atoms with Gasteiger partial charge in [-0.05, 0) is 6.42 Å². The molecule has 23 heteroatoms. The second kappa shape index (κ2) is 39.6. The third-order valence-corrected chi connectivity index (χ3v) is 7.29. The van der Waals surface area contributed by atoms with Gasteiger partial charge in [-0.3, -0.25) is 14.4 Å². The molecule has 0 radical (unpaired) electrons. The molecule has 0 aliphatic carbocycles. The van der Waals surface area contributed by atoms with E-state index in [-0.39, 0.29) is 45.2 Å². The number of hydrogen-bond acceptors (Lipinski definition) is 16. The average Bonchev–Trinajstić information content (AvgIpc) is 3.24. The van der Waals surface area contributed by atoms with Gasteiger partial charge < -0.3 is 72.0 Å². The van der Waals surface area contributed by atoms with Crippen molar-refractivity contribution in [1.82, 2.24) is 5.32 Å². The summed E-state index contributed by atoms with van der Waals surface area (Å²) in [6.45, 7) is 8.66. The van der Waals surface area contributed by atoms with Gasteiger partial charge in [0.1, 0.15) is 0 Å². The Morgan fingerprint density at radius 3 is 0.967 bits per heavy atom. The standard InChI is InChI=1S/C38H60F5NO17/c39-33-34(40)36(42)38(37(43)35(33)41)61-32(48)4-6-49-8-10-51-12-14-53-16-18-55-20-22-57-24-26-59-28-29-60-27-25-58-23-21-56-19-17-54-15-13-52-11-9-50-7-5-44-30(45)2-1-3-31(46)47/h1-29H2,(H,44,45)(H,46,47). The minimum absolute atomic E-state index is 0.0263. The number of carboxylic acid groups (broad SMARTS) is 1. The van der Waals surface area contributed by atoms with Crippen molar-refractivity contribution in [1.29, 1.82) is 0 Å². The molecule has 0 bridgehead atoms. The lowest BCUT2D eigenvalue weighted by Crippen LogP contribution is -2.27. The Bertz CT molecular complexity index is 1260. The maximum Gasteiger partial charge on any atom is 0.313 e. The van der Waals surface area contributed by atoms with E-state index >= 15 is 0 Å². The molecular weight excluding hydrogens is 837 g/mol. The Morgan fingerprint density at radius 2 is 0.656 bits per heavy atom. The summed E-state index contributed by atoms with van der Waals surface area (Å²) in [4.78, 5) is 33.6. The number of nitrogens with one attached hydrogen (secondary N) is 1. The van der Waals surface area contributed by atoms with Gasteiger partial charge in [0, 0.05) is 19.4 Å². The smallest absolute Gasteiger partial charge is 0.313 e. The monoisotopic (exact) mass is 897 g/mol. The van der Waals surface area contributed by atoms with E-state index in [2.05, 4.69) is 10.1 Å². The van der Waals surface area contributed by atoms with Gasteiger partial charge in [-0.2, -0.15) is 8.78 Å². The van der Waals surface area contributed by atoms with Gasteiger partial charge in [-0.1, -0.05) is 0 Å². The third-order valence-electron chi connectivity index (χ3n) is 7.29. The summed E-state index contributed by atoms with van der Waals surface area (Å²) in [6.07, 6.45) is -0.0325. The van der Waals surface area contributed by atoms with E-state index in [1.807, 2.05) is 0 Å². The zero-order valence-corrected chi connectivity index (χ0v) is 34.4. The van der Waals surface area contributed by atoms with Gasteiger partial charge >= 0.3 is 11.9 Å². The molecule has 18 nitrogen and oxygen atoms in total. The highest BCUT2D eigenvalue weighted by Crippen LogP contribution is 2.29. The molecule has 0 atom stereocenters. The van der Waals surface area contributed by atoms with Crippen LogP contribution in [0.4, 0.5) is 22.0 Å². The Hall–Kier alpha value is -3.20. The zero-order chi connectivity index (χ0) is 44.6. The molecule has 2 N–H and O–H groups in total. The van der Waals surface area contributed by atoms with Crippen molar-refractivity contribution in [2.45, 2.75) is 25.7 Å². The number of carbonyl (C=O) groups excluding carboxylic acids is 2. The van der Waals surface area contributed by atoms with Crippen LogP contribution in [0.25, 0.3) is 0 Å².